The first kappa shape index (κ1) is 15.8. The van der Waals surface area contributed by atoms with Crippen LogP contribution in [0.5, 0.6) is 5.75 Å². The summed E-state index contributed by atoms with van der Waals surface area (Å²) < 4.78 is 23.2. The van der Waals surface area contributed by atoms with Gasteiger partial charge in [0.1, 0.15) is 17.3 Å². The molecule has 0 saturated carbocycles. The van der Waals surface area contributed by atoms with Gasteiger partial charge in [-0.2, -0.15) is 0 Å². The summed E-state index contributed by atoms with van der Waals surface area (Å²) in [6.45, 7) is 3.79. The van der Waals surface area contributed by atoms with Crippen LogP contribution in [0.25, 0.3) is 0 Å². The van der Waals surface area contributed by atoms with Crippen molar-refractivity contribution in [3.63, 3.8) is 0 Å². The Morgan fingerprint density at radius 1 is 1.24 bits per heavy atom. The van der Waals surface area contributed by atoms with Crippen molar-refractivity contribution in [2.24, 2.45) is 0 Å². The second-order valence-electron chi connectivity index (χ2n) is 4.71. The van der Waals surface area contributed by atoms with Crippen LogP contribution in [0.15, 0.2) is 45.7 Å². The predicted molar refractivity (Wildman–Crippen MR) is 83.8 cm³/mol. The molecule has 0 aliphatic carbocycles. The Labute approximate surface area is 128 Å². The van der Waals surface area contributed by atoms with Gasteiger partial charge in [-0.3, -0.25) is 4.21 Å². The molecule has 1 N–H and O–H groups in total. The number of ether oxygens (including phenoxy) is 1. The first-order valence-corrected chi connectivity index (χ1v) is 8.35. The van der Waals surface area contributed by atoms with Gasteiger partial charge in [0.25, 0.3) is 0 Å². The number of nitrogens with one attached hydrogen (secondary N) is 1. The van der Waals surface area contributed by atoms with Crippen LogP contribution in [-0.2, 0) is 23.1 Å². The van der Waals surface area contributed by atoms with Gasteiger partial charge in [-0.15, -0.1) is 0 Å². The summed E-state index contributed by atoms with van der Waals surface area (Å²) in [7, 11) is 0.467. The lowest BCUT2D eigenvalue weighted by molar-refractivity contribution is 0.413. The Hall–Kier alpha value is -1.59. The molecule has 0 bridgehead atoms. The maximum Gasteiger partial charge on any atom is 0.120 e. The molecule has 0 saturated heterocycles. The van der Waals surface area contributed by atoms with E-state index in [9.17, 15) is 4.21 Å². The molecule has 0 amide bonds. The summed E-state index contributed by atoms with van der Waals surface area (Å²) in [5.41, 5.74) is 0. The molecule has 4 nitrogen and oxygen atoms in total. The van der Waals surface area contributed by atoms with Crippen molar-refractivity contribution in [3.8, 4) is 5.75 Å². The zero-order valence-corrected chi connectivity index (χ0v) is 13.2. The normalized spacial score (nSPS) is 12.3. The Morgan fingerprint density at radius 3 is 2.81 bits per heavy atom. The van der Waals surface area contributed by atoms with E-state index in [4.69, 9.17) is 9.15 Å². The molecule has 1 unspecified atom stereocenters. The van der Waals surface area contributed by atoms with Gasteiger partial charge < -0.3 is 14.5 Å². The predicted octanol–water partition coefficient (Wildman–Crippen LogP) is 3.10. The minimum Gasteiger partial charge on any atom is -0.497 e. The van der Waals surface area contributed by atoms with Crippen LogP contribution in [0.3, 0.4) is 0 Å². The smallest absolute Gasteiger partial charge is 0.120 e. The highest BCUT2D eigenvalue weighted by atomic mass is 32.2. The Morgan fingerprint density at radius 2 is 2.05 bits per heavy atom. The molecule has 0 aliphatic rings. The summed E-state index contributed by atoms with van der Waals surface area (Å²) in [5.74, 6) is 2.70. The summed E-state index contributed by atoms with van der Waals surface area (Å²) in [6, 6.07) is 11.1. The van der Waals surface area contributed by atoms with Crippen molar-refractivity contribution in [2.45, 2.75) is 30.5 Å². The first-order chi connectivity index (χ1) is 10.2. The molecule has 1 atom stereocenters. The van der Waals surface area contributed by atoms with Gasteiger partial charge in [0.15, 0.2) is 0 Å². The van der Waals surface area contributed by atoms with Crippen molar-refractivity contribution in [1.29, 1.82) is 0 Å². The second-order valence-corrected chi connectivity index (χ2v) is 6.16. The Kier molecular flexibility index (Phi) is 6.02. The Balaban J connectivity index is 1.96. The van der Waals surface area contributed by atoms with Crippen LogP contribution in [0.4, 0.5) is 0 Å². The lowest BCUT2D eigenvalue weighted by Gasteiger charge is -2.04. The quantitative estimate of drug-likeness (QED) is 0.761. The van der Waals surface area contributed by atoms with Gasteiger partial charge in [-0.25, -0.2) is 0 Å². The zero-order valence-electron chi connectivity index (χ0n) is 12.4. The van der Waals surface area contributed by atoms with Crippen molar-refractivity contribution in [2.75, 3.05) is 13.7 Å². The molecule has 0 aliphatic heterocycles. The molecular formula is C16H21NO3S. The number of hydrogen-bond acceptors (Lipinski definition) is 4. The molecule has 2 rings (SSSR count). The summed E-state index contributed by atoms with van der Waals surface area (Å²) in [4.78, 5) is 0.747. The third kappa shape index (κ3) is 4.72. The maximum absolute atomic E-state index is 12.3. The highest BCUT2D eigenvalue weighted by Crippen LogP contribution is 2.19. The third-order valence-electron chi connectivity index (χ3n) is 3.02. The number of furan rings is 1. The lowest BCUT2D eigenvalue weighted by atomic mass is 10.3. The molecule has 1 aromatic heterocycles. The van der Waals surface area contributed by atoms with E-state index < -0.39 is 10.8 Å². The molecule has 5 heteroatoms. The van der Waals surface area contributed by atoms with Gasteiger partial charge in [-0.05, 0) is 43.3 Å². The van der Waals surface area contributed by atoms with E-state index >= 15 is 0 Å². The molecule has 0 radical (unpaired) electrons. The fourth-order valence-corrected chi connectivity index (χ4v) is 3.00. The summed E-state index contributed by atoms with van der Waals surface area (Å²) >= 11 is 0. The van der Waals surface area contributed by atoms with Crippen LogP contribution in [0.2, 0.25) is 0 Å². The first-order valence-electron chi connectivity index (χ1n) is 7.03. The summed E-state index contributed by atoms with van der Waals surface area (Å²) in [5, 5.41) is 3.28. The molecule has 2 aromatic rings. The second kappa shape index (κ2) is 8.00. The number of hydrogen-bond donors (Lipinski definition) is 1. The van der Waals surface area contributed by atoms with E-state index in [1.54, 1.807) is 13.2 Å². The van der Waals surface area contributed by atoms with Crippen LogP contribution in [0, 0.1) is 0 Å². The van der Waals surface area contributed by atoms with Crippen LogP contribution in [-0.4, -0.2) is 17.9 Å². The number of methoxy groups -OCH3 is 1. The highest BCUT2D eigenvalue weighted by molar-refractivity contribution is 7.84. The van der Waals surface area contributed by atoms with Gasteiger partial charge in [0.05, 0.1) is 30.2 Å². The molecule has 0 spiro atoms. The van der Waals surface area contributed by atoms with E-state index in [1.807, 2.05) is 30.3 Å². The van der Waals surface area contributed by atoms with Gasteiger partial charge >= 0.3 is 0 Å². The zero-order chi connectivity index (χ0) is 15.1. The average Bonchev–Trinajstić information content (AvgIpc) is 2.95. The maximum atomic E-state index is 12.3. The van der Waals surface area contributed by atoms with E-state index in [0.717, 1.165) is 29.4 Å². The largest absolute Gasteiger partial charge is 0.497 e. The molecule has 0 fully saturated rings. The number of benzene rings is 1. The van der Waals surface area contributed by atoms with E-state index in [1.165, 1.54) is 0 Å². The standard InChI is InChI=1S/C16H21NO3S/c1-3-9-17-11-14-7-8-15(20-14)12-21(18)16-6-4-5-13(10-16)19-2/h4-8,10,17H,3,9,11-12H2,1-2H3. The minimum absolute atomic E-state index is 0.376. The minimum atomic E-state index is -1.13. The summed E-state index contributed by atoms with van der Waals surface area (Å²) in [6.07, 6.45) is 1.09. The molecule has 114 valence electrons. The van der Waals surface area contributed by atoms with Gasteiger partial charge in [0.2, 0.25) is 0 Å². The van der Waals surface area contributed by atoms with Crippen LogP contribution < -0.4 is 10.1 Å². The SMILES string of the molecule is CCCNCc1ccc(CS(=O)c2cccc(OC)c2)o1. The number of rotatable bonds is 8. The Bertz CT molecular complexity index is 595. The fraction of sp³-hybridized carbons (Fsp3) is 0.375. The molecular weight excluding hydrogens is 286 g/mol. The van der Waals surface area contributed by atoms with Crippen molar-refractivity contribution >= 4 is 10.8 Å². The van der Waals surface area contributed by atoms with Crippen molar-refractivity contribution < 1.29 is 13.4 Å². The molecule has 1 aromatic carbocycles. The average molecular weight is 307 g/mol. The highest BCUT2D eigenvalue weighted by Gasteiger charge is 2.09. The molecule has 21 heavy (non-hydrogen) atoms. The lowest BCUT2D eigenvalue weighted by Crippen LogP contribution is -2.13. The van der Waals surface area contributed by atoms with Crippen molar-refractivity contribution in [1.82, 2.24) is 5.32 Å². The van der Waals surface area contributed by atoms with Crippen molar-refractivity contribution in [3.05, 3.63) is 47.9 Å². The van der Waals surface area contributed by atoms with Gasteiger partial charge in [0, 0.05) is 4.90 Å². The van der Waals surface area contributed by atoms with E-state index in [-0.39, 0.29) is 0 Å². The third-order valence-corrected chi connectivity index (χ3v) is 4.35. The fourth-order valence-electron chi connectivity index (χ4n) is 1.94. The van der Waals surface area contributed by atoms with E-state index in [2.05, 4.69) is 12.2 Å². The molecule has 1 heterocycles. The van der Waals surface area contributed by atoms with Crippen LogP contribution >= 0.6 is 0 Å². The van der Waals surface area contributed by atoms with Crippen LogP contribution in [0.1, 0.15) is 24.9 Å². The topological polar surface area (TPSA) is 51.5 Å². The monoisotopic (exact) mass is 307 g/mol. The van der Waals surface area contributed by atoms with Gasteiger partial charge in [-0.1, -0.05) is 13.0 Å². The van der Waals surface area contributed by atoms with E-state index in [0.29, 0.717) is 18.0 Å².